The van der Waals surface area contributed by atoms with E-state index in [-0.39, 0.29) is 11.4 Å². The molecule has 0 aliphatic carbocycles. The number of hydrogen-bond donors (Lipinski definition) is 4. The number of benzene rings is 2. The van der Waals surface area contributed by atoms with E-state index in [1.165, 1.54) is 0 Å². The van der Waals surface area contributed by atoms with E-state index in [9.17, 15) is 58.8 Å². The van der Waals surface area contributed by atoms with E-state index in [0.717, 1.165) is 36.4 Å². The van der Waals surface area contributed by atoms with E-state index in [4.69, 9.17) is 0 Å². The molecule has 0 aromatic heterocycles. The van der Waals surface area contributed by atoms with E-state index < -0.39 is 88.0 Å². The predicted molar refractivity (Wildman–Crippen MR) is 117 cm³/mol. The zero-order valence-corrected chi connectivity index (χ0v) is 18.3. The molecule has 0 saturated carbocycles. The van der Waals surface area contributed by atoms with Crippen LogP contribution in [0.3, 0.4) is 0 Å². The van der Waals surface area contributed by atoms with Crippen molar-refractivity contribution in [1.82, 2.24) is 0 Å². The first-order chi connectivity index (χ1) is 17.3. The summed E-state index contributed by atoms with van der Waals surface area (Å²) in [6, 6.07) is 5.32. The van der Waals surface area contributed by atoms with Gasteiger partial charge >= 0.3 is 23.9 Å². The Morgan fingerprint density at radius 1 is 0.568 bits per heavy atom. The average Bonchev–Trinajstić information content (AvgIpc) is 3.22. The van der Waals surface area contributed by atoms with E-state index in [1.807, 2.05) is 0 Å². The van der Waals surface area contributed by atoms with E-state index in [0.29, 0.717) is 9.80 Å². The Morgan fingerprint density at radius 2 is 0.892 bits per heavy atom. The van der Waals surface area contributed by atoms with Crippen molar-refractivity contribution in [2.45, 2.75) is 12.8 Å². The number of carboxylic acid groups (broad SMARTS) is 4. The summed E-state index contributed by atoms with van der Waals surface area (Å²) in [6.45, 7) is 0. The summed E-state index contributed by atoms with van der Waals surface area (Å²) in [5.41, 5.74) is -5.52. The molecule has 188 valence electrons. The topological polar surface area (TPSA) is 224 Å². The minimum absolute atomic E-state index is 0.327. The largest absolute Gasteiger partial charge is 0.478 e. The quantitative estimate of drug-likeness (QED) is 0.311. The maximum absolute atomic E-state index is 13.4. The number of carbonyl (C=O) groups excluding carboxylic acids is 4. The molecule has 14 heteroatoms. The van der Waals surface area contributed by atoms with Gasteiger partial charge in [-0.25, -0.2) is 29.0 Å². The number of rotatable bonds is 6. The summed E-state index contributed by atoms with van der Waals surface area (Å²) in [5, 5.41) is 37.0. The van der Waals surface area contributed by atoms with Gasteiger partial charge < -0.3 is 20.4 Å². The third kappa shape index (κ3) is 3.67. The molecule has 2 heterocycles. The number of imide groups is 2. The lowest BCUT2D eigenvalue weighted by atomic mass is 9.84. The highest BCUT2D eigenvalue weighted by molar-refractivity contribution is 6.38. The molecule has 37 heavy (non-hydrogen) atoms. The van der Waals surface area contributed by atoms with Crippen LogP contribution >= 0.6 is 0 Å². The predicted octanol–water partition coefficient (Wildman–Crippen LogP) is 0.693. The fraction of sp³-hybridized carbons (Fsp3) is 0.130. The van der Waals surface area contributed by atoms with Gasteiger partial charge in [0, 0.05) is 0 Å². The zero-order chi connectivity index (χ0) is 27.4. The lowest BCUT2D eigenvalue weighted by Crippen LogP contribution is -2.42. The number of amides is 4. The van der Waals surface area contributed by atoms with Gasteiger partial charge in [-0.1, -0.05) is 0 Å². The molecule has 2 aliphatic heterocycles. The third-order valence-corrected chi connectivity index (χ3v) is 6.07. The van der Waals surface area contributed by atoms with Gasteiger partial charge in [0.25, 0.3) is 11.8 Å². The molecule has 1 spiro atoms. The molecule has 2 fully saturated rings. The second kappa shape index (κ2) is 8.37. The van der Waals surface area contributed by atoms with Crippen molar-refractivity contribution >= 4 is 58.9 Å². The van der Waals surface area contributed by atoms with Gasteiger partial charge in [0.15, 0.2) is 0 Å². The number of nitrogens with zero attached hydrogens (tertiary/aromatic N) is 2. The first-order valence-electron chi connectivity index (χ1n) is 10.3. The lowest BCUT2D eigenvalue weighted by Gasteiger charge is -2.21. The van der Waals surface area contributed by atoms with Crippen molar-refractivity contribution in [3.63, 3.8) is 0 Å². The van der Waals surface area contributed by atoms with Gasteiger partial charge in [0.1, 0.15) is 5.41 Å². The first kappa shape index (κ1) is 24.7. The maximum Gasteiger partial charge on any atom is 0.336 e. The Hall–Kier alpha value is -5.40. The average molecular weight is 510 g/mol. The van der Waals surface area contributed by atoms with Crippen molar-refractivity contribution in [2.75, 3.05) is 9.80 Å². The molecule has 0 atom stereocenters. The molecular weight excluding hydrogens is 496 g/mol. The van der Waals surface area contributed by atoms with Crippen molar-refractivity contribution < 1.29 is 58.8 Å². The fourth-order valence-corrected chi connectivity index (χ4v) is 4.38. The van der Waals surface area contributed by atoms with Crippen LogP contribution < -0.4 is 9.80 Å². The number of carbonyl (C=O) groups is 8. The number of carboxylic acids is 4. The summed E-state index contributed by atoms with van der Waals surface area (Å²) < 4.78 is 0. The Labute approximate surface area is 204 Å². The van der Waals surface area contributed by atoms with E-state index in [2.05, 4.69) is 0 Å². The third-order valence-electron chi connectivity index (χ3n) is 6.07. The summed E-state index contributed by atoms with van der Waals surface area (Å²) >= 11 is 0. The Bertz CT molecular complexity index is 1380. The summed E-state index contributed by atoms with van der Waals surface area (Å²) in [6.07, 6.45) is -1.54. The lowest BCUT2D eigenvalue weighted by molar-refractivity contribution is -0.136. The standard InChI is InChI=1S/C23H14N2O12/c26-15-7-23(21(36)24(15)9-1-3-11(17(28)29)13(5-9)19(32)33)8-16(27)25(22(23)37)10-2-4-12(18(30)31)14(6-10)20(34)35/h1-6H,7-8H2,(H,28,29)(H,30,31)(H,32,33)(H,34,35). The summed E-state index contributed by atoms with van der Waals surface area (Å²) in [4.78, 5) is 99.0. The minimum atomic E-state index is -2.21. The second-order valence-electron chi connectivity index (χ2n) is 8.18. The van der Waals surface area contributed by atoms with Gasteiger partial charge in [0.2, 0.25) is 11.8 Å². The molecule has 0 radical (unpaired) electrons. The molecule has 2 aromatic carbocycles. The molecule has 2 saturated heterocycles. The normalized spacial score (nSPS) is 16.5. The summed E-state index contributed by atoms with van der Waals surface area (Å²) in [7, 11) is 0. The van der Waals surface area contributed by atoms with Crippen LogP contribution in [0, 0.1) is 5.41 Å². The number of hydrogen-bond acceptors (Lipinski definition) is 8. The van der Waals surface area contributed by atoms with Crippen LogP contribution in [-0.4, -0.2) is 67.9 Å². The number of aromatic carboxylic acids is 4. The monoisotopic (exact) mass is 510 g/mol. The minimum Gasteiger partial charge on any atom is -0.478 e. The first-order valence-corrected chi connectivity index (χ1v) is 10.3. The molecule has 2 aliphatic rings. The summed E-state index contributed by atoms with van der Waals surface area (Å²) in [5.74, 6) is -10.7. The van der Waals surface area contributed by atoms with Gasteiger partial charge in [-0.05, 0) is 36.4 Å². The smallest absolute Gasteiger partial charge is 0.336 e. The van der Waals surface area contributed by atoms with Crippen LogP contribution in [-0.2, 0) is 19.2 Å². The van der Waals surface area contributed by atoms with Crippen molar-refractivity contribution in [3.8, 4) is 0 Å². The van der Waals surface area contributed by atoms with Crippen LogP contribution in [0.25, 0.3) is 0 Å². The van der Waals surface area contributed by atoms with E-state index in [1.54, 1.807) is 0 Å². The fourth-order valence-electron chi connectivity index (χ4n) is 4.38. The van der Waals surface area contributed by atoms with Crippen molar-refractivity contribution in [3.05, 3.63) is 58.7 Å². The van der Waals surface area contributed by atoms with Crippen LogP contribution in [0.4, 0.5) is 11.4 Å². The van der Waals surface area contributed by atoms with Crippen LogP contribution in [0.2, 0.25) is 0 Å². The highest BCUT2D eigenvalue weighted by Gasteiger charge is 2.64. The zero-order valence-electron chi connectivity index (χ0n) is 18.3. The van der Waals surface area contributed by atoms with E-state index >= 15 is 0 Å². The Kier molecular flexibility index (Phi) is 5.59. The van der Waals surface area contributed by atoms with Crippen molar-refractivity contribution in [2.24, 2.45) is 5.41 Å². The molecule has 0 bridgehead atoms. The molecule has 14 nitrogen and oxygen atoms in total. The molecule has 4 rings (SSSR count). The van der Waals surface area contributed by atoms with Crippen molar-refractivity contribution in [1.29, 1.82) is 0 Å². The molecule has 0 unspecified atom stereocenters. The maximum atomic E-state index is 13.4. The van der Waals surface area contributed by atoms with Crippen LogP contribution in [0.15, 0.2) is 36.4 Å². The Morgan fingerprint density at radius 3 is 1.19 bits per heavy atom. The second-order valence-corrected chi connectivity index (χ2v) is 8.18. The molecule has 4 N–H and O–H groups in total. The SMILES string of the molecule is O=C(O)c1ccc(N2C(=O)CC3(CC(=O)N(c4ccc(C(=O)O)c(C(=O)O)c4)C3=O)C2=O)cc1C(=O)O. The molecule has 4 amide bonds. The number of anilines is 2. The molecule has 2 aromatic rings. The van der Waals surface area contributed by atoms with Crippen LogP contribution in [0.5, 0.6) is 0 Å². The van der Waals surface area contributed by atoms with Gasteiger partial charge in [0.05, 0.1) is 46.5 Å². The molecular formula is C23H14N2O12. The highest BCUT2D eigenvalue weighted by atomic mass is 16.4. The van der Waals surface area contributed by atoms with Crippen LogP contribution in [0.1, 0.15) is 54.3 Å². The van der Waals surface area contributed by atoms with Gasteiger partial charge in [-0.3, -0.25) is 19.2 Å². The Balaban J connectivity index is 1.75. The highest BCUT2D eigenvalue weighted by Crippen LogP contribution is 2.46. The van der Waals surface area contributed by atoms with Gasteiger partial charge in [-0.2, -0.15) is 0 Å². The van der Waals surface area contributed by atoms with Gasteiger partial charge in [-0.15, -0.1) is 0 Å².